The van der Waals surface area contributed by atoms with Crippen molar-refractivity contribution in [1.82, 2.24) is 15.1 Å². The Morgan fingerprint density at radius 1 is 1.27 bits per heavy atom. The Bertz CT molecular complexity index is 525. The third kappa shape index (κ3) is 7.38. The maximum Gasteiger partial charge on any atom is 0.236 e. The van der Waals surface area contributed by atoms with Crippen LogP contribution in [0.5, 0.6) is 0 Å². The summed E-state index contributed by atoms with van der Waals surface area (Å²) in [5.41, 5.74) is -0.259. The first-order valence-corrected chi connectivity index (χ1v) is 8.70. The lowest BCUT2D eigenvalue weighted by atomic mass is 10.1. The smallest absolute Gasteiger partial charge is 0.236 e. The van der Waals surface area contributed by atoms with Gasteiger partial charge in [0.05, 0.1) is 19.6 Å². The molecular weight excluding hydrogens is 366 g/mol. The van der Waals surface area contributed by atoms with Crippen LogP contribution in [-0.2, 0) is 16.1 Å². The molecule has 22 heavy (non-hydrogen) atoms. The minimum absolute atomic E-state index is 0.00409. The minimum Gasteiger partial charge on any atom is -0.350 e. The van der Waals surface area contributed by atoms with E-state index in [1.165, 1.54) is 0 Å². The zero-order valence-corrected chi connectivity index (χ0v) is 16.2. The molecule has 5 nitrogen and oxygen atoms in total. The van der Waals surface area contributed by atoms with Gasteiger partial charge in [-0.15, -0.1) is 11.3 Å². The first kappa shape index (κ1) is 19.1. The van der Waals surface area contributed by atoms with E-state index >= 15 is 0 Å². The standard InChI is InChI=1S/C15H24BrN3O2S/c1-15(2,3)17-13(20)8-18(4)9-14(21)19(5)7-12-6-11(16)10-22-12/h6,10H,7-9H2,1-5H3,(H,17,20). The van der Waals surface area contributed by atoms with Gasteiger partial charge in [-0.1, -0.05) is 0 Å². The van der Waals surface area contributed by atoms with Crippen molar-refractivity contribution in [2.24, 2.45) is 0 Å². The molecule has 0 aliphatic carbocycles. The highest BCUT2D eigenvalue weighted by atomic mass is 79.9. The maximum atomic E-state index is 12.2. The molecule has 0 saturated heterocycles. The summed E-state index contributed by atoms with van der Waals surface area (Å²) in [6, 6.07) is 2.01. The van der Waals surface area contributed by atoms with Crippen molar-refractivity contribution in [2.75, 3.05) is 27.2 Å². The van der Waals surface area contributed by atoms with Crippen LogP contribution in [0.2, 0.25) is 0 Å². The number of hydrogen-bond donors (Lipinski definition) is 1. The summed E-state index contributed by atoms with van der Waals surface area (Å²) >= 11 is 5.02. The van der Waals surface area contributed by atoms with Crippen LogP contribution in [0.15, 0.2) is 15.9 Å². The van der Waals surface area contributed by atoms with Crippen molar-refractivity contribution in [3.63, 3.8) is 0 Å². The normalized spacial score (nSPS) is 11.6. The van der Waals surface area contributed by atoms with E-state index in [4.69, 9.17) is 0 Å². The molecule has 0 aromatic carbocycles. The molecule has 1 heterocycles. The first-order valence-electron chi connectivity index (χ1n) is 7.03. The molecule has 0 saturated carbocycles. The molecule has 1 aromatic heterocycles. The van der Waals surface area contributed by atoms with Crippen LogP contribution < -0.4 is 5.32 Å². The van der Waals surface area contributed by atoms with Crippen LogP contribution in [0.25, 0.3) is 0 Å². The van der Waals surface area contributed by atoms with Crippen molar-refractivity contribution in [1.29, 1.82) is 0 Å². The Balaban J connectivity index is 2.41. The number of carbonyl (C=O) groups is 2. The number of likely N-dealkylation sites (N-methyl/N-ethyl adjacent to an activating group) is 2. The number of thiophene rings is 1. The van der Waals surface area contributed by atoms with E-state index in [2.05, 4.69) is 21.2 Å². The molecule has 0 atom stereocenters. The van der Waals surface area contributed by atoms with Gasteiger partial charge in [0.2, 0.25) is 11.8 Å². The van der Waals surface area contributed by atoms with E-state index < -0.39 is 0 Å². The Morgan fingerprint density at radius 2 is 1.91 bits per heavy atom. The number of halogens is 1. The van der Waals surface area contributed by atoms with Crippen molar-refractivity contribution in [3.05, 3.63) is 20.8 Å². The number of nitrogens with zero attached hydrogens (tertiary/aromatic N) is 2. The van der Waals surface area contributed by atoms with Crippen LogP contribution in [-0.4, -0.2) is 54.3 Å². The van der Waals surface area contributed by atoms with Crippen LogP contribution in [0.4, 0.5) is 0 Å². The summed E-state index contributed by atoms with van der Waals surface area (Å²) in [7, 11) is 3.55. The van der Waals surface area contributed by atoms with Crippen molar-refractivity contribution >= 4 is 39.1 Å². The fraction of sp³-hybridized carbons (Fsp3) is 0.600. The minimum atomic E-state index is -0.259. The zero-order valence-electron chi connectivity index (χ0n) is 13.8. The Hall–Kier alpha value is -0.920. The van der Waals surface area contributed by atoms with Crippen molar-refractivity contribution in [2.45, 2.75) is 32.9 Å². The molecule has 1 aromatic rings. The van der Waals surface area contributed by atoms with E-state index in [1.807, 2.05) is 32.2 Å². The van der Waals surface area contributed by atoms with E-state index in [0.717, 1.165) is 9.35 Å². The molecule has 1 rings (SSSR count). The maximum absolute atomic E-state index is 12.2. The van der Waals surface area contributed by atoms with Gasteiger partial charge in [-0.3, -0.25) is 14.5 Å². The van der Waals surface area contributed by atoms with Crippen LogP contribution in [0.1, 0.15) is 25.6 Å². The molecule has 0 unspecified atom stereocenters. The molecule has 0 fully saturated rings. The molecule has 0 bridgehead atoms. The Kier molecular flexibility index (Phi) is 7.02. The predicted octanol–water partition coefficient (Wildman–Crippen LogP) is 2.32. The fourth-order valence-electron chi connectivity index (χ4n) is 1.87. The van der Waals surface area contributed by atoms with Gasteiger partial charge < -0.3 is 10.2 Å². The van der Waals surface area contributed by atoms with Crippen molar-refractivity contribution in [3.8, 4) is 0 Å². The van der Waals surface area contributed by atoms with Gasteiger partial charge in [-0.05, 0) is 49.8 Å². The number of amides is 2. The highest BCUT2D eigenvalue weighted by molar-refractivity contribution is 9.10. The highest BCUT2D eigenvalue weighted by Gasteiger charge is 2.18. The summed E-state index contributed by atoms with van der Waals surface area (Å²) in [5, 5.41) is 4.88. The molecule has 2 amide bonds. The SMILES string of the molecule is CN(CC(=O)NC(C)(C)C)CC(=O)N(C)Cc1cc(Br)cs1. The molecule has 124 valence electrons. The van der Waals surface area contributed by atoms with Gasteiger partial charge in [0, 0.05) is 27.3 Å². The summed E-state index contributed by atoms with van der Waals surface area (Å²) in [6.45, 7) is 6.81. The second kappa shape index (κ2) is 8.08. The molecule has 0 radical (unpaired) electrons. The lowest BCUT2D eigenvalue weighted by Gasteiger charge is -2.24. The van der Waals surface area contributed by atoms with Crippen molar-refractivity contribution < 1.29 is 9.59 Å². The molecule has 0 aliphatic heterocycles. The second-order valence-electron chi connectivity index (χ2n) is 6.45. The summed E-state index contributed by atoms with van der Waals surface area (Å²) < 4.78 is 1.03. The van der Waals surface area contributed by atoms with Gasteiger partial charge in [0.1, 0.15) is 0 Å². The lowest BCUT2D eigenvalue weighted by molar-refractivity contribution is -0.132. The van der Waals surface area contributed by atoms with E-state index in [1.54, 1.807) is 35.2 Å². The first-order chi connectivity index (χ1) is 10.1. The predicted molar refractivity (Wildman–Crippen MR) is 93.9 cm³/mol. The molecule has 0 spiro atoms. The van der Waals surface area contributed by atoms with E-state index in [0.29, 0.717) is 6.54 Å². The average molecular weight is 390 g/mol. The Morgan fingerprint density at radius 3 is 2.41 bits per heavy atom. The monoisotopic (exact) mass is 389 g/mol. The van der Waals surface area contributed by atoms with Crippen LogP contribution in [0, 0.1) is 0 Å². The van der Waals surface area contributed by atoms with Gasteiger partial charge in [-0.2, -0.15) is 0 Å². The van der Waals surface area contributed by atoms with E-state index in [9.17, 15) is 9.59 Å². The van der Waals surface area contributed by atoms with Gasteiger partial charge in [-0.25, -0.2) is 0 Å². The average Bonchev–Trinajstić information content (AvgIpc) is 2.71. The molecular formula is C15H24BrN3O2S. The molecule has 7 heteroatoms. The molecule has 1 N–H and O–H groups in total. The number of nitrogens with one attached hydrogen (secondary N) is 1. The van der Waals surface area contributed by atoms with E-state index in [-0.39, 0.29) is 30.4 Å². The summed E-state index contributed by atoms with van der Waals surface area (Å²) in [6.07, 6.45) is 0. The van der Waals surface area contributed by atoms with Crippen LogP contribution >= 0.6 is 27.3 Å². The fourth-order valence-corrected chi connectivity index (χ4v) is 3.37. The number of hydrogen-bond acceptors (Lipinski definition) is 4. The number of rotatable bonds is 6. The highest BCUT2D eigenvalue weighted by Crippen LogP contribution is 2.20. The third-order valence-corrected chi connectivity index (χ3v) is 4.46. The topological polar surface area (TPSA) is 52.7 Å². The number of carbonyl (C=O) groups excluding carboxylic acids is 2. The third-order valence-electron chi connectivity index (χ3n) is 2.77. The lowest BCUT2D eigenvalue weighted by Crippen LogP contribution is -2.46. The largest absolute Gasteiger partial charge is 0.350 e. The van der Waals surface area contributed by atoms with Crippen LogP contribution in [0.3, 0.4) is 0 Å². The molecule has 0 aliphatic rings. The summed E-state index contributed by atoms with van der Waals surface area (Å²) in [5.74, 6) is -0.0804. The Labute approximate surface area is 144 Å². The second-order valence-corrected chi connectivity index (χ2v) is 8.36. The van der Waals surface area contributed by atoms with Gasteiger partial charge in [0.15, 0.2) is 0 Å². The summed E-state index contributed by atoms with van der Waals surface area (Å²) in [4.78, 5) is 28.5. The zero-order chi connectivity index (χ0) is 16.9. The quantitative estimate of drug-likeness (QED) is 0.811. The van der Waals surface area contributed by atoms with Gasteiger partial charge >= 0.3 is 0 Å². The van der Waals surface area contributed by atoms with Gasteiger partial charge in [0.25, 0.3) is 0 Å².